The Labute approximate surface area is 117 Å². The third-order valence-corrected chi connectivity index (χ3v) is 4.52. The van der Waals surface area contributed by atoms with E-state index in [1.807, 2.05) is 24.4 Å². The third-order valence-electron chi connectivity index (χ3n) is 3.66. The average molecular weight is 277 g/mol. The number of nitrogens with zero attached hydrogens (tertiary/aromatic N) is 2. The van der Waals surface area contributed by atoms with Crippen LogP contribution in [0, 0.1) is 6.92 Å². The summed E-state index contributed by atoms with van der Waals surface area (Å²) in [6, 6.07) is 4.72. The van der Waals surface area contributed by atoms with Crippen molar-refractivity contribution in [3.63, 3.8) is 0 Å². The second-order valence-corrected chi connectivity index (χ2v) is 5.82. The van der Waals surface area contributed by atoms with Gasteiger partial charge in [-0.25, -0.2) is 4.98 Å². The van der Waals surface area contributed by atoms with Crippen LogP contribution in [-0.2, 0) is 6.54 Å². The lowest BCUT2D eigenvalue weighted by Crippen LogP contribution is -2.56. The lowest BCUT2D eigenvalue weighted by Gasteiger charge is -2.37. The molecule has 2 aromatic heterocycles. The molecule has 19 heavy (non-hydrogen) atoms. The predicted molar refractivity (Wildman–Crippen MR) is 77.3 cm³/mol. The fourth-order valence-corrected chi connectivity index (χ4v) is 2.95. The molecule has 1 aliphatic heterocycles. The summed E-state index contributed by atoms with van der Waals surface area (Å²) < 4.78 is 5.79. The maximum Gasteiger partial charge on any atom is 0.236 e. The van der Waals surface area contributed by atoms with E-state index in [9.17, 15) is 0 Å². The molecule has 0 aliphatic carbocycles. The maximum absolute atomic E-state index is 5.79. The zero-order valence-corrected chi connectivity index (χ0v) is 12.2. The number of thiophene rings is 1. The van der Waals surface area contributed by atoms with Crippen LogP contribution in [0.4, 0.5) is 0 Å². The largest absolute Gasteiger partial charge is 0.440 e. The molecular weight excluding hydrogens is 258 g/mol. The molecule has 1 fully saturated rings. The van der Waals surface area contributed by atoms with Gasteiger partial charge in [-0.15, -0.1) is 11.3 Å². The Kier molecular flexibility index (Phi) is 3.68. The number of likely N-dealkylation sites (N-methyl/N-ethyl adjacent to an activating group) is 1. The molecule has 4 nitrogen and oxygen atoms in total. The van der Waals surface area contributed by atoms with E-state index in [4.69, 9.17) is 4.42 Å². The van der Waals surface area contributed by atoms with Crippen LogP contribution in [0.2, 0.25) is 0 Å². The second kappa shape index (κ2) is 5.45. The zero-order chi connectivity index (χ0) is 13.2. The minimum atomic E-state index is 0.645. The standard InChI is InChI=1S/C14H19N3OS/c1-3-17(11-7-15-8-11)9-12-10(2)18-14(16-12)13-5-4-6-19-13/h4-6,11,15H,3,7-9H2,1-2H3. The van der Waals surface area contributed by atoms with E-state index in [0.29, 0.717) is 6.04 Å². The summed E-state index contributed by atoms with van der Waals surface area (Å²) in [5.74, 6) is 1.69. The van der Waals surface area contributed by atoms with Gasteiger partial charge in [0, 0.05) is 25.7 Å². The number of aromatic nitrogens is 1. The van der Waals surface area contributed by atoms with Gasteiger partial charge in [0.1, 0.15) is 5.76 Å². The highest BCUT2D eigenvalue weighted by atomic mass is 32.1. The van der Waals surface area contributed by atoms with Gasteiger partial charge >= 0.3 is 0 Å². The smallest absolute Gasteiger partial charge is 0.236 e. The Morgan fingerprint density at radius 3 is 2.95 bits per heavy atom. The molecule has 2 aromatic rings. The van der Waals surface area contributed by atoms with Gasteiger partial charge in [0.2, 0.25) is 5.89 Å². The molecular formula is C14H19N3OS. The number of hydrogen-bond donors (Lipinski definition) is 1. The van der Waals surface area contributed by atoms with Gasteiger partial charge in [0.05, 0.1) is 10.6 Å². The summed E-state index contributed by atoms with van der Waals surface area (Å²) in [6.07, 6.45) is 0. The number of nitrogens with one attached hydrogen (secondary N) is 1. The fourth-order valence-electron chi connectivity index (χ4n) is 2.30. The van der Waals surface area contributed by atoms with Crippen LogP contribution in [0.25, 0.3) is 10.8 Å². The minimum Gasteiger partial charge on any atom is -0.440 e. The molecule has 0 spiro atoms. The monoisotopic (exact) mass is 277 g/mol. The molecule has 102 valence electrons. The van der Waals surface area contributed by atoms with Crippen molar-refractivity contribution < 1.29 is 4.42 Å². The van der Waals surface area contributed by atoms with Gasteiger partial charge in [-0.3, -0.25) is 4.90 Å². The summed E-state index contributed by atoms with van der Waals surface area (Å²) >= 11 is 1.66. The molecule has 0 bridgehead atoms. The SMILES string of the molecule is CCN(Cc1nc(-c2cccs2)oc1C)C1CNC1. The van der Waals surface area contributed by atoms with Gasteiger partial charge in [-0.2, -0.15) is 0 Å². The first kappa shape index (κ1) is 12.8. The zero-order valence-electron chi connectivity index (χ0n) is 11.3. The van der Waals surface area contributed by atoms with E-state index in [2.05, 4.69) is 22.1 Å². The number of aryl methyl sites for hydroxylation is 1. The Morgan fingerprint density at radius 1 is 1.53 bits per heavy atom. The lowest BCUT2D eigenvalue weighted by atomic mass is 10.1. The van der Waals surface area contributed by atoms with E-state index in [1.54, 1.807) is 11.3 Å². The first-order valence-corrected chi connectivity index (χ1v) is 7.61. The summed E-state index contributed by atoms with van der Waals surface area (Å²) in [5, 5.41) is 5.37. The van der Waals surface area contributed by atoms with Crippen molar-refractivity contribution in [2.24, 2.45) is 0 Å². The van der Waals surface area contributed by atoms with Crippen molar-refractivity contribution in [1.29, 1.82) is 0 Å². The number of hydrogen-bond acceptors (Lipinski definition) is 5. The highest BCUT2D eigenvalue weighted by Gasteiger charge is 2.25. The highest BCUT2D eigenvalue weighted by molar-refractivity contribution is 7.13. The molecule has 1 saturated heterocycles. The summed E-state index contributed by atoms with van der Waals surface area (Å²) in [7, 11) is 0. The quantitative estimate of drug-likeness (QED) is 0.911. The van der Waals surface area contributed by atoms with Crippen molar-refractivity contribution in [3.8, 4) is 10.8 Å². The molecule has 0 saturated carbocycles. The van der Waals surface area contributed by atoms with E-state index in [0.717, 1.165) is 48.4 Å². The second-order valence-electron chi connectivity index (χ2n) is 4.87. The van der Waals surface area contributed by atoms with Gasteiger partial charge in [0.15, 0.2) is 0 Å². The van der Waals surface area contributed by atoms with Gasteiger partial charge < -0.3 is 9.73 Å². The minimum absolute atomic E-state index is 0.645. The Morgan fingerprint density at radius 2 is 2.37 bits per heavy atom. The van der Waals surface area contributed by atoms with Crippen LogP contribution in [-0.4, -0.2) is 35.6 Å². The average Bonchev–Trinajstić information content (AvgIpc) is 2.96. The normalized spacial score (nSPS) is 15.9. The van der Waals surface area contributed by atoms with Crippen molar-refractivity contribution >= 4 is 11.3 Å². The van der Waals surface area contributed by atoms with Crippen LogP contribution in [0.3, 0.4) is 0 Å². The van der Waals surface area contributed by atoms with Crippen molar-refractivity contribution in [1.82, 2.24) is 15.2 Å². The van der Waals surface area contributed by atoms with Crippen LogP contribution in [0.5, 0.6) is 0 Å². The molecule has 0 aromatic carbocycles. The van der Waals surface area contributed by atoms with Gasteiger partial charge in [0.25, 0.3) is 0 Å². The molecule has 0 amide bonds. The number of rotatable bonds is 5. The van der Waals surface area contributed by atoms with Crippen LogP contribution in [0.15, 0.2) is 21.9 Å². The lowest BCUT2D eigenvalue weighted by molar-refractivity contribution is 0.143. The molecule has 5 heteroatoms. The predicted octanol–water partition coefficient (Wildman–Crippen LogP) is 2.51. The van der Waals surface area contributed by atoms with Crippen LogP contribution < -0.4 is 5.32 Å². The first-order chi connectivity index (χ1) is 9.28. The maximum atomic E-state index is 5.79. The van der Waals surface area contributed by atoms with Crippen molar-refractivity contribution in [3.05, 3.63) is 29.0 Å². The molecule has 3 rings (SSSR count). The molecule has 0 atom stereocenters. The summed E-state index contributed by atoms with van der Waals surface area (Å²) in [6.45, 7) is 8.31. The van der Waals surface area contributed by atoms with E-state index >= 15 is 0 Å². The first-order valence-electron chi connectivity index (χ1n) is 6.73. The highest BCUT2D eigenvalue weighted by Crippen LogP contribution is 2.26. The molecule has 1 N–H and O–H groups in total. The van der Waals surface area contributed by atoms with Gasteiger partial charge in [-0.1, -0.05) is 13.0 Å². The summed E-state index contributed by atoms with van der Waals surface area (Å²) in [5.41, 5.74) is 1.07. The van der Waals surface area contributed by atoms with Crippen LogP contribution >= 0.6 is 11.3 Å². The van der Waals surface area contributed by atoms with E-state index < -0.39 is 0 Å². The molecule has 0 radical (unpaired) electrons. The van der Waals surface area contributed by atoms with E-state index in [1.165, 1.54) is 0 Å². The molecule has 0 unspecified atom stereocenters. The Hall–Kier alpha value is -1.17. The van der Waals surface area contributed by atoms with Crippen molar-refractivity contribution in [2.45, 2.75) is 26.4 Å². The number of oxazole rings is 1. The topological polar surface area (TPSA) is 41.3 Å². The van der Waals surface area contributed by atoms with Crippen LogP contribution in [0.1, 0.15) is 18.4 Å². The Balaban J connectivity index is 1.77. The van der Waals surface area contributed by atoms with E-state index in [-0.39, 0.29) is 0 Å². The third kappa shape index (κ3) is 2.59. The fraction of sp³-hybridized carbons (Fsp3) is 0.500. The summed E-state index contributed by atoms with van der Waals surface area (Å²) in [4.78, 5) is 8.22. The molecule has 3 heterocycles. The van der Waals surface area contributed by atoms with Gasteiger partial charge in [-0.05, 0) is 24.9 Å². The van der Waals surface area contributed by atoms with Crippen molar-refractivity contribution in [2.75, 3.05) is 19.6 Å². The Bertz CT molecular complexity index is 531. The molecule has 1 aliphatic rings.